The number of ether oxygens (including phenoxy) is 1. The first-order chi connectivity index (χ1) is 11.1. The van der Waals surface area contributed by atoms with E-state index in [1.54, 1.807) is 6.07 Å². The van der Waals surface area contributed by atoms with Gasteiger partial charge < -0.3 is 14.3 Å². The SMILES string of the molecule is COC(=O)C(O)C1CCN(Cc2cc3cc(F)ccc3o2)CC1. The molecular weight excluding hydrogens is 301 g/mol. The van der Waals surface area contributed by atoms with Crippen LogP contribution in [0.15, 0.2) is 28.7 Å². The number of hydrogen-bond donors (Lipinski definition) is 1. The second-order valence-corrected chi connectivity index (χ2v) is 5.98. The number of halogens is 1. The summed E-state index contributed by atoms with van der Waals surface area (Å²) in [5.74, 6) is -0.119. The summed E-state index contributed by atoms with van der Waals surface area (Å²) in [4.78, 5) is 13.6. The molecule has 2 aromatic rings. The maximum Gasteiger partial charge on any atom is 0.334 e. The number of aliphatic hydroxyl groups is 1. The van der Waals surface area contributed by atoms with E-state index in [2.05, 4.69) is 9.64 Å². The Bertz CT molecular complexity index is 691. The van der Waals surface area contributed by atoms with Crippen LogP contribution >= 0.6 is 0 Å². The molecular formula is C17H20FNO4. The van der Waals surface area contributed by atoms with E-state index in [-0.39, 0.29) is 11.7 Å². The van der Waals surface area contributed by atoms with Crippen LogP contribution in [0.1, 0.15) is 18.6 Å². The van der Waals surface area contributed by atoms with Gasteiger partial charge in [0.15, 0.2) is 6.10 Å². The fourth-order valence-corrected chi connectivity index (χ4v) is 3.11. The van der Waals surface area contributed by atoms with Crippen LogP contribution in [0.3, 0.4) is 0 Å². The first-order valence-electron chi connectivity index (χ1n) is 7.73. The summed E-state index contributed by atoms with van der Waals surface area (Å²) < 4.78 is 23.5. The lowest BCUT2D eigenvalue weighted by Gasteiger charge is -2.32. The molecule has 1 N–H and O–H groups in total. The molecule has 1 aromatic heterocycles. The number of carbonyl (C=O) groups excluding carboxylic acids is 1. The van der Waals surface area contributed by atoms with Gasteiger partial charge in [-0.2, -0.15) is 0 Å². The van der Waals surface area contributed by atoms with Crippen LogP contribution in [0.4, 0.5) is 4.39 Å². The van der Waals surface area contributed by atoms with Gasteiger partial charge in [-0.1, -0.05) is 0 Å². The van der Waals surface area contributed by atoms with E-state index >= 15 is 0 Å². The standard InChI is InChI=1S/C17H20FNO4/c1-22-17(21)16(20)11-4-6-19(7-5-11)10-14-9-12-8-13(18)2-3-15(12)23-14/h2-3,8-9,11,16,20H,4-7,10H2,1H3. The lowest BCUT2D eigenvalue weighted by Crippen LogP contribution is -2.40. The second kappa shape index (κ2) is 6.68. The number of hydrogen-bond acceptors (Lipinski definition) is 5. The third-order valence-corrected chi connectivity index (χ3v) is 4.43. The molecule has 1 aliphatic heterocycles. The lowest BCUT2D eigenvalue weighted by atomic mass is 9.91. The van der Waals surface area contributed by atoms with Gasteiger partial charge in [0.2, 0.25) is 0 Å². The van der Waals surface area contributed by atoms with E-state index < -0.39 is 12.1 Å². The molecule has 0 radical (unpaired) electrons. The number of methoxy groups -OCH3 is 1. The van der Waals surface area contributed by atoms with Crippen LogP contribution in [0.5, 0.6) is 0 Å². The van der Waals surface area contributed by atoms with Crippen LogP contribution in [-0.4, -0.2) is 42.3 Å². The minimum atomic E-state index is -1.05. The minimum Gasteiger partial charge on any atom is -0.467 e. The van der Waals surface area contributed by atoms with E-state index in [9.17, 15) is 14.3 Å². The minimum absolute atomic E-state index is 0.0662. The van der Waals surface area contributed by atoms with Gasteiger partial charge in [0.05, 0.1) is 13.7 Å². The molecule has 0 aliphatic carbocycles. The summed E-state index contributed by atoms with van der Waals surface area (Å²) in [5, 5.41) is 10.7. The number of likely N-dealkylation sites (tertiary alicyclic amines) is 1. The Kier molecular flexibility index (Phi) is 4.63. The second-order valence-electron chi connectivity index (χ2n) is 5.98. The molecule has 6 heteroatoms. The van der Waals surface area contributed by atoms with Crippen molar-refractivity contribution in [3.63, 3.8) is 0 Å². The van der Waals surface area contributed by atoms with Gasteiger partial charge >= 0.3 is 5.97 Å². The number of esters is 1. The van der Waals surface area contributed by atoms with E-state index in [0.717, 1.165) is 37.1 Å². The zero-order chi connectivity index (χ0) is 16.4. The molecule has 5 nitrogen and oxygen atoms in total. The zero-order valence-corrected chi connectivity index (χ0v) is 13.0. The maximum absolute atomic E-state index is 13.2. The average Bonchev–Trinajstić information content (AvgIpc) is 2.95. The fraction of sp³-hybridized carbons (Fsp3) is 0.471. The summed E-state index contributed by atoms with van der Waals surface area (Å²) in [6.45, 7) is 2.17. The van der Waals surface area contributed by atoms with Crippen molar-refractivity contribution < 1.29 is 23.4 Å². The summed E-state index contributed by atoms with van der Waals surface area (Å²) in [7, 11) is 1.28. The van der Waals surface area contributed by atoms with Crippen LogP contribution in [0, 0.1) is 11.7 Å². The van der Waals surface area contributed by atoms with E-state index in [4.69, 9.17) is 4.42 Å². The highest BCUT2D eigenvalue weighted by Gasteiger charge is 2.30. The highest BCUT2D eigenvalue weighted by Crippen LogP contribution is 2.25. The van der Waals surface area contributed by atoms with Gasteiger partial charge in [0.25, 0.3) is 0 Å². The Balaban J connectivity index is 1.58. The first-order valence-corrected chi connectivity index (χ1v) is 7.73. The van der Waals surface area contributed by atoms with Gasteiger partial charge in [-0.05, 0) is 56.1 Å². The highest BCUT2D eigenvalue weighted by molar-refractivity contribution is 5.77. The largest absolute Gasteiger partial charge is 0.467 e. The molecule has 1 aromatic carbocycles. The van der Waals surface area contributed by atoms with Crippen molar-refractivity contribution in [2.24, 2.45) is 5.92 Å². The molecule has 0 spiro atoms. The van der Waals surface area contributed by atoms with Gasteiger partial charge in [-0.15, -0.1) is 0 Å². The number of carbonyl (C=O) groups is 1. The van der Waals surface area contributed by atoms with E-state index in [0.29, 0.717) is 12.1 Å². The fourth-order valence-electron chi connectivity index (χ4n) is 3.11. The molecule has 0 saturated carbocycles. The summed E-state index contributed by atoms with van der Waals surface area (Å²) >= 11 is 0. The monoisotopic (exact) mass is 321 g/mol. The van der Waals surface area contributed by atoms with Crippen molar-refractivity contribution in [3.05, 3.63) is 35.8 Å². The van der Waals surface area contributed by atoms with Gasteiger partial charge in [0, 0.05) is 5.39 Å². The smallest absolute Gasteiger partial charge is 0.334 e. The average molecular weight is 321 g/mol. The number of fused-ring (bicyclic) bond motifs is 1. The van der Waals surface area contributed by atoms with Gasteiger partial charge in [0.1, 0.15) is 17.2 Å². The number of furan rings is 1. The van der Waals surface area contributed by atoms with Crippen molar-refractivity contribution in [1.29, 1.82) is 0 Å². The van der Waals surface area contributed by atoms with Crippen LogP contribution in [0.2, 0.25) is 0 Å². The molecule has 23 heavy (non-hydrogen) atoms. The predicted molar refractivity (Wildman–Crippen MR) is 82.2 cm³/mol. The molecule has 3 rings (SSSR count). The van der Waals surface area contributed by atoms with Crippen molar-refractivity contribution in [2.45, 2.75) is 25.5 Å². The van der Waals surface area contributed by atoms with Crippen molar-refractivity contribution in [1.82, 2.24) is 4.90 Å². The maximum atomic E-state index is 13.2. The molecule has 1 aliphatic rings. The third kappa shape index (κ3) is 3.54. The summed E-state index contributed by atoms with van der Waals surface area (Å²) in [6, 6.07) is 6.33. The zero-order valence-electron chi connectivity index (χ0n) is 13.0. The van der Waals surface area contributed by atoms with Crippen molar-refractivity contribution >= 4 is 16.9 Å². The molecule has 1 saturated heterocycles. The Morgan fingerprint density at radius 3 is 2.87 bits per heavy atom. The molecule has 1 unspecified atom stereocenters. The number of nitrogens with zero attached hydrogens (tertiary/aromatic N) is 1. The Labute approximate surface area is 133 Å². The van der Waals surface area contributed by atoms with E-state index in [1.165, 1.54) is 19.2 Å². The molecule has 1 fully saturated rings. The number of rotatable bonds is 4. The lowest BCUT2D eigenvalue weighted by molar-refractivity contribution is -0.154. The Morgan fingerprint density at radius 2 is 2.17 bits per heavy atom. The quantitative estimate of drug-likeness (QED) is 0.876. The van der Waals surface area contributed by atoms with E-state index in [1.807, 2.05) is 6.07 Å². The molecule has 0 bridgehead atoms. The van der Waals surface area contributed by atoms with Crippen molar-refractivity contribution in [3.8, 4) is 0 Å². The molecule has 124 valence electrons. The molecule has 0 amide bonds. The highest BCUT2D eigenvalue weighted by atomic mass is 19.1. The molecule has 1 atom stereocenters. The normalized spacial score (nSPS) is 18.2. The van der Waals surface area contributed by atoms with Crippen LogP contribution in [0.25, 0.3) is 11.0 Å². The number of benzene rings is 1. The summed E-state index contributed by atoms with van der Waals surface area (Å²) in [5.41, 5.74) is 0.678. The van der Waals surface area contributed by atoms with Crippen LogP contribution < -0.4 is 0 Å². The first kappa shape index (κ1) is 16.0. The van der Waals surface area contributed by atoms with Crippen molar-refractivity contribution in [2.75, 3.05) is 20.2 Å². The van der Waals surface area contributed by atoms with Crippen LogP contribution in [-0.2, 0) is 16.1 Å². The van der Waals surface area contributed by atoms with Gasteiger partial charge in [-0.3, -0.25) is 4.90 Å². The third-order valence-electron chi connectivity index (χ3n) is 4.43. The predicted octanol–water partition coefficient (Wildman–Crippen LogP) is 2.32. The topological polar surface area (TPSA) is 62.9 Å². The Morgan fingerprint density at radius 1 is 1.43 bits per heavy atom. The molecule has 2 heterocycles. The number of piperidine rings is 1. The Hall–Kier alpha value is -1.92. The summed E-state index contributed by atoms with van der Waals surface area (Å²) in [6.07, 6.45) is 0.410. The van der Waals surface area contributed by atoms with Gasteiger partial charge in [-0.25, -0.2) is 9.18 Å². The number of aliphatic hydroxyl groups excluding tert-OH is 1.